The van der Waals surface area contributed by atoms with Crippen molar-refractivity contribution in [2.24, 2.45) is 0 Å². The molecule has 2 unspecified atom stereocenters. The van der Waals surface area contributed by atoms with E-state index < -0.39 is 0 Å². The molecule has 0 amide bonds. The van der Waals surface area contributed by atoms with Crippen LogP contribution in [0, 0.1) is 0 Å². The van der Waals surface area contributed by atoms with E-state index >= 15 is 0 Å². The lowest BCUT2D eigenvalue weighted by molar-refractivity contribution is -0.124. The van der Waals surface area contributed by atoms with Gasteiger partial charge in [0.1, 0.15) is 0 Å². The molecule has 52 valence electrons. The largest absolute Gasteiger partial charge is 0.378 e. The molecule has 0 aromatic heterocycles. The van der Waals surface area contributed by atoms with Crippen molar-refractivity contribution < 1.29 is 4.74 Å². The van der Waals surface area contributed by atoms with Crippen molar-refractivity contribution in [2.45, 2.75) is 25.4 Å². The minimum Gasteiger partial charge on any atom is -0.378 e. The van der Waals surface area contributed by atoms with Crippen LogP contribution in [0.4, 0.5) is 0 Å². The summed E-state index contributed by atoms with van der Waals surface area (Å²) in [6.07, 6.45) is 1.38. The van der Waals surface area contributed by atoms with Crippen LogP contribution in [0.2, 0.25) is 0 Å². The highest BCUT2D eigenvalue weighted by molar-refractivity contribution is 4.94. The summed E-state index contributed by atoms with van der Waals surface area (Å²) in [5, 5.41) is 0. The van der Waals surface area contributed by atoms with Crippen molar-refractivity contribution in [2.75, 3.05) is 19.8 Å². The van der Waals surface area contributed by atoms with Crippen molar-refractivity contribution in [1.29, 1.82) is 0 Å². The molecule has 0 aromatic rings. The summed E-state index contributed by atoms with van der Waals surface area (Å²) < 4.78 is 5.32. The first-order valence-electron chi connectivity index (χ1n) is 3.75. The molecule has 3 aliphatic rings. The molecule has 3 aliphatic heterocycles. The Balaban J connectivity index is 1.97. The fourth-order valence-corrected chi connectivity index (χ4v) is 1.93. The third-order valence-electron chi connectivity index (χ3n) is 2.47. The van der Waals surface area contributed by atoms with E-state index in [-0.39, 0.29) is 0 Å². The Labute approximate surface area is 55.8 Å². The predicted molar refractivity (Wildman–Crippen MR) is 35.4 cm³/mol. The lowest BCUT2D eigenvalue weighted by atomic mass is 9.92. The molecule has 3 saturated heterocycles. The Morgan fingerprint density at radius 3 is 2.44 bits per heavy atom. The first kappa shape index (κ1) is 5.69. The fraction of sp³-hybridized carbons (Fsp3) is 1.00. The summed E-state index contributed by atoms with van der Waals surface area (Å²) in [5.41, 5.74) is 0. The molecule has 3 fully saturated rings. The number of nitrogens with zero attached hydrogens (tertiary/aromatic N) is 1. The summed E-state index contributed by atoms with van der Waals surface area (Å²) in [4.78, 5) is 2.53. The maximum atomic E-state index is 5.32. The van der Waals surface area contributed by atoms with E-state index in [9.17, 15) is 0 Å². The van der Waals surface area contributed by atoms with E-state index in [2.05, 4.69) is 11.8 Å². The second-order valence-electron chi connectivity index (χ2n) is 2.91. The number of likely N-dealkylation sites (N-methyl/N-ethyl adjacent to an activating group) is 1. The highest BCUT2D eigenvalue weighted by atomic mass is 16.5. The summed E-state index contributed by atoms with van der Waals surface area (Å²) in [5.74, 6) is 0. The monoisotopic (exact) mass is 127 g/mol. The second kappa shape index (κ2) is 1.96. The van der Waals surface area contributed by atoms with Gasteiger partial charge in [-0.1, -0.05) is 6.92 Å². The molecule has 0 spiro atoms. The molecule has 2 nitrogen and oxygen atoms in total. The SMILES string of the molecule is CCN1C2COCC1C2. The van der Waals surface area contributed by atoms with Crippen molar-refractivity contribution in [3.63, 3.8) is 0 Å². The normalized spacial score (nSPS) is 42.3. The Morgan fingerprint density at radius 1 is 1.44 bits per heavy atom. The second-order valence-corrected chi connectivity index (χ2v) is 2.91. The van der Waals surface area contributed by atoms with Crippen LogP contribution in [0.25, 0.3) is 0 Å². The Hall–Kier alpha value is -0.0800. The van der Waals surface area contributed by atoms with Crippen LogP contribution >= 0.6 is 0 Å². The molecule has 0 aromatic carbocycles. The summed E-state index contributed by atoms with van der Waals surface area (Å²) in [6, 6.07) is 1.54. The van der Waals surface area contributed by atoms with Gasteiger partial charge in [0.05, 0.1) is 13.2 Å². The topological polar surface area (TPSA) is 12.5 Å². The molecule has 0 saturated carbocycles. The summed E-state index contributed by atoms with van der Waals surface area (Å²) >= 11 is 0. The lowest BCUT2D eigenvalue weighted by Crippen LogP contribution is -2.63. The zero-order valence-electron chi connectivity index (χ0n) is 5.84. The van der Waals surface area contributed by atoms with Crippen LogP contribution in [-0.2, 0) is 4.74 Å². The number of fused-ring (bicyclic) bond motifs is 2. The van der Waals surface area contributed by atoms with Crippen LogP contribution in [0.3, 0.4) is 0 Å². The van der Waals surface area contributed by atoms with E-state index in [1.807, 2.05) is 0 Å². The maximum Gasteiger partial charge on any atom is 0.0623 e. The van der Waals surface area contributed by atoms with E-state index in [0.717, 1.165) is 25.3 Å². The van der Waals surface area contributed by atoms with Gasteiger partial charge in [0.25, 0.3) is 0 Å². The lowest BCUT2D eigenvalue weighted by Gasteiger charge is -2.52. The van der Waals surface area contributed by atoms with Crippen molar-refractivity contribution in [1.82, 2.24) is 4.90 Å². The molecule has 2 atom stereocenters. The molecular weight excluding hydrogens is 114 g/mol. The van der Waals surface area contributed by atoms with Crippen molar-refractivity contribution in [3.05, 3.63) is 0 Å². The number of morpholine rings is 1. The van der Waals surface area contributed by atoms with Gasteiger partial charge in [0.2, 0.25) is 0 Å². The molecule has 3 rings (SSSR count). The van der Waals surface area contributed by atoms with Gasteiger partial charge in [-0.3, -0.25) is 4.90 Å². The van der Waals surface area contributed by atoms with Gasteiger partial charge in [0, 0.05) is 12.1 Å². The molecule has 0 aliphatic carbocycles. The molecule has 3 heterocycles. The Kier molecular flexibility index (Phi) is 1.24. The van der Waals surface area contributed by atoms with Gasteiger partial charge < -0.3 is 4.74 Å². The third-order valence-corrected chi connectivity index (χ3v) is 2.47. The minimum atomic E-state index is 0.772. The molecule has 2 bridgehead atoms. The van der Waals surface area contributed by atoms with Gasteiger partial charge in [0.15, 0.2) is 0 Å². The van der Waals surface area contributed by atoms with Crippen LogP contribution in [0.1, 0.15) is 13.3 Å². The van der Waals surface area contributed by atoms with E-state index in [4.69, 9.17) is 4.74 Å². The predicted octanol–water partition coefficient (Wildman–Crippen LogP) is 0.479. The maximum absolute atomic E-state index is 5.32. The number of hydrogen-bond donors (Lipinski definition) is 0. The first-order chi connectivity index (χ1) is 4.42. The third kappa shape index (κ3) is 0.700. The van der Waals surface area contributed by atoms with Gasteiger partial charge in [-0.2, -0.15) is 0 Å². The van der Waals surface area contributed by atoms with Crippen LogP contribution in [0.15, 0.2) is 0 Å². The number of ether oxygens (including phenoxy) is 1. The first-order valence-corrected chi connectivity index (χ1v) is 3.75. The molecule has 0 radical (unpaired) electrons. The minimum absolute atomic E-state index is 0.772. The Morgan fingerprint density at radius 2 is 2.11 bits per heavy atom. The summed E-state index contributed by atoms with van der Waals surface area (Å²) in [7, 11) is 0. The quantitative estimate of drug-likeness (QED) is 0.508. The molecule has 9 heavy (non-hydrogen) atoms. The highest BCUT2D eigenvalue weighted by Gasteiger charge is 2.40. The highest BCUT2D eigenvalue weighted by Crippen LogP contribution is 2.29. The zero-order chi connectivity index (χ0) is 6.27. The smallest absolute Gasteiger partial charge is 0.0623 e. The Bertz CT molecular complexity index is 101. The van der Waals surface area contributed by atoms with Gasteiger partial charge >= 0.3 is 0 Å². The average Bonchev–Trinajstić information content (AvgIpc) is 1.90. The van der Waals surface area contributed by atoms with Crippen LogP contribution < -0.4 is 0 Å². The van der Waals surface area contributed by atoms with E-state index in [1.54, 1.807) is 0 Å². The summed E-state index contributed by atoms with van der Waals surface area (Å²) in [6.45, 7) is 5.39. The number of rotatable bonds is 1. The van der Waals surface area contributed by atoms with Gasteiger partial charge in [-0.15, -0.1) is 0 Å². The van der Waals surface area contributed by atoms with Gasteiger partial charge in [-0.05, 0) is 13.0 Å². The standard InChI is InChI=1S/C7H13NO/c1-2-8-6-3-7(8)5-9-4-6/h6-7H,2-5H2,1H3. The molecule has 2 heteroatoms. The van der Waals surface area contributed by atoms with Crippen LogP contribution in [0.5, 0.6) is 0 Å². The fourth-order valence-electron chi connectivity index (χ4n) is 1.93. The van der Waals surface area contributed by atoms with Gasteiger partial charge in [-0.25, -0.2) is 0 Å². The van der Waals surface area contributed by atoms with Crippen molar-refractivity contribution >= 4 is 0 Å². The van der Waals surface area contributed by atoms with E-state index in [0.29, 0.717) is 0 Å². The van der Waals surface area contributed by atoms with Crippen molar-refractivity contribution in [3.8, 4) is 0 Å². The molecule has 0 N–H and O–H groups in total. The molecular formula is C7H13NO. The van der Waals surface area contributed by atoms with E-state index in [1.165, 1.54) is 13.0 Å². The zero-order valence-corrected chi connectivity index (χ0v) is 5.84. The average molecular weight is 127 g/mol. The number of hydrogen-bond acceptors (Lipinski definition) is 2. The van der Waals surface area contributed by atoms with Crippen LogP contribution in [-0.4, -0.2) is 36.7 Å².